The number of carbonyl (C=O) groups excluding carboxylic acids is 6. The van der Waals surface area contributed by atoms with E-state index in [2.05, 4.69) is 46.2 Å². The van der Waals surface area contributed by atoms with Crippen LogP contribution in [-0.4, -0.2) is 159 Å². The Hall–Kier alpha value is -9.26. The van der Waals surface area contributed by atoms with Gasteiger partial charge in [-0.3, -0.25) is 34.1 Å². The number of aromatic amines is 1. The number of fused-ring (bicyclic) bond motifs is 2. The molecule has 4 heterocycles. The first-order valence-electron chi connectivity index (χ1n) is 34.9. The third-order valence-electron chi connectivity index (χ3n) is 17.1. The highest BCUT2D eigenvalue weighted by Gasteiger charge is 2.37. The smallest absolute Gasteiger partial charge is 0.407 e. The maximum atomic E-state index is 14.0. The van der Waals surface area contributed by atoms with Crippen LogP contribution in [0.4, 0.5) is 10.5 Å². The third kappa shape index (κ3) is 26.2. The number of ketones is 2. The molecule has 0 fully saturated rings. The van der Waals surface area contributed by atoms with E-state index in [1.165, 1.54) is 17.7 Å². The Kier molecular flexibility index (Phi) is 30.6. The Morgan fingerprint density at radius 3 is 2.13 bits per heavy atom. The van der Waals surface area contributed by atoms with Crippen molar-refractivity contribution in [3.05, 3.63) is 110 Å². The summed E-state index contributed by atoms with van der Waals surface area (Å²) in [4.78, 5) is 95.3. The normalized spacial score (nSPS) is 13.4. The number of guanidine groups is 1. The van der Waals surface area contributed by atoms with Crippen LogP contribution in [-0.2, 0) is 78.8 Å². The standard InChI is InChI=1S/C73H101N11O18S/c1-46-35-65(88)100-64-38-54(21-22-61(46)64)78-69(90)53(17-12-13-24-76-71(91)102-72(7,8)9)37-57(87)43-77-68(89)52(18-14-25-75-70(74)82-103(92,93)67-48(3)47(2)66-63(49(67)4)42-73(10,11)101-66)36-56(86)23-29-94-31-33-96-34-32-95-30-26-84-44-55(81-83-84)19-15-27-97-58-39-59(41-60(40-58)99-45-85)98-28-16-20-62-50(5)79-80-51(62)6/h21-22,35,38-41,44-45,52-53H,12-20,23-34,36-37,42-43H2,1-11H3,(H,76,91)(H,77,89)(H,78,90)(H,79,80)(H3,74,75,82). The van der Waals surface area contributed by atoms with Crippen LogP contribution >= 0.6 is 0 Å². The zero-order valence-electron chi connectivity index (χ0n) is 61.1. The topological polar surface area (TPSA) is 386 Å². The molecular weight excluding hydrogens is 1350 g/mol. The summed E-state index contributed by atoms with van der Waals surface area (Å²) in [5.41, 5.74) is 12.3. The second-order valence-corrected chi connectivity index (χ2v) is 28.9. The number of unbranched alkanes of at least 4 members (excludes halogenated alkanes) is 1. The molecule has 0 saturated carbocycles. The largest absolute Gasteiger partial charge is 0.493 e. The van der Waals surface area contributed by atoms with E-state index < -0.39 is 68.9 Å². The highest BCUT2D eigenvalue weighted by molar-refractivity contribution is 7.90. The molecular formula is C73H101N11O18S. The Bertz CT molecular complexity index is 4080. The van der Waals surface area contributed by atoms with Crippen molar-refractivity contribution in [2.75, 3.05) is 77.8 Å². The van der Waals surface area contributed by atoms with Crippen molar-refractivity contribution in [2.24, 2.45) is 22.6 Å². The first-order valence-corrected chi connectivity index (χ1v) is 36.4. The Balaban J connectivity index is 0.851. The fourth-order valence-corrected chi connectivity index (χ4v) is 13.4. The summed E-state index contributed by atoms with van der Waals surface area (Å²) in [6.45, 7) is 22.9. The second kappa shape index (κ2) is 38.9. The number of carbonyl (C=O) groups is 6. The number of hydrogen-bond donors (Lipinski definition) is 6. The number of rotatable bonds is 44. The highest BCUT2D eigenvalue weighted by Crippen LogP contribution is 2.44. The number of anilines is 1. The lowest BCUT2D eigenvalue weighted by Gasteiger charge is -2.20. The molecule has 6 aromatic rings. The van der Waals surface area contributed by atoms with E-state index in [0.717, 1.165) is 35.5 Å². The van der Waals surface area contributed by atoms with Gasteiger partial charge in [-0.15, -0.1) is 5.10 Å². The quantitative estimate of drug-likeness (QED) is 0.00687. The van der Waals surface area contributed by atoms with Crippen LogP contribution in [0.15, 0.2) is 67.8 Å². The maximum Gasteiger partial charge on any atom is 0.407 e. The molecule has 103 heavy (non-hydrogen) atoms. The number of ether oxygens (including phenoxy) is 8. The monoisotopic (exact) mass is 1450 g/mol. The van der Waals surface area contributed by atoms with Gasteiger partial charge < -0.3 is 64.0 Å². The van der Waals surface area contributed by atoms with Crippen molar-refractivity contribution < 1.29 is 79.5 Å². The van der Waals surface area contributed by atoms with E-state index >= 15 is 0 Å². The van der Waals surface area contributed by atoms with Crippen LogP contribution in [0.5, 0.6) is 23.0 Å². The lowest BCUT2D eigenvalue weighted by molar-refractivity contribution is -0.132. The number of hydrogen-bond acceptors (Lipinski definition) is 22. The van der Waals surface area contributed by atoms with Crippen LogP contribution in [0.25, 0.3) is 11.0 Å². The predicted octanol–water partition coefficient (Wildman–Crippen LogP) is 8.34. The second-order valence-electron chi connectivity index (χ2n) is 27.3. The number of amides is 3. The molecule has 30 heteroatoms. The fourth-order valence-electron chi connectivity index (χ4n) is 11.9. The number of nitrogens with zero attached hydrogens (tertiary/aromatic N) is 5. The van der Waals surface area contributed by atoms with Gasteiger partial charge in [0.1, 0.15) is 45.6 Å². The SMILES string of the molecule is Cc1n[nH]c(C)c1CCCOc1cc(OC=O)cc(OCCCc2cn(CCOCCOCCOCCC(=O)CC(CCCN=C(N)NS(=O)(=O)c3c(C)c(C)c4c(c3C)CC(C)(C)O4)C(=O)NCC(=O)CC(CCCCNC(=O)OC(C)(C)C)C(=O)Nc3ccc4c(C)cc(=O)oc4c3)nn2)c1. The van der Waals surface area contributed by atoms with Gasteiger partial charge in [0.15, 0.2) is 5.78 Å². The summed E-state index contributed by atoms with van der Waals surface area (Å²) in [7, 11) is -4.21. The van der Waals surface area contributed by atoms with Crippen LogP contribution in [0.2, 0.25) is 0 Å². The molecule has 0 bridgehead atoms. The van der Waals surface area contributed by atoms with Gasteiger partial charge in [-0.25, -0.2) is 27.4 Å². The van der Waals surface area contributed by atoms with E-state index in [-0.39, 0.29) is 100 Å². The van der Waals surface area contributed by atoms with Gasteiger partial charge in [0.2, 0.25) is 17.8 Å². The van der Waals surface area contributed by atoms with Crippen LogP contribution in [0.1, 0.15) is 149 Å². The van der Waals surface area contributed by atoms with E-state index in [4.69, 9.17) is 48.0 Å². The van der Waals surface area contributed by atoms with Gasteiger partial charge in [-0.1, -0.05) is 11.6 Å². The lowest BCUT2D eigenvalue weighted by Crippen LogP contribution is -2.38. The third-order valence-corrected chi connectivity index (χ3v) is 18.8. The van der Waals surface area contributed by atoms with Crippen LogP contribution < -0.4 is 51.0 Å². The molecule has 1 aliphatic rings. The molecule has 0 radical (unpaired) electrons. The number of nitrogens with two attached hydrogens (primary N) is 1. The summed E-state index contributed by atoms with van der Waals surface area (Å²) in [5.74, 6) is -2.04. The number of benzene rings is 3. The molecule has 0 spiro atoms. The first-order chi connectivity index (χ1) is 49.0. The van der Waals surface area contributed by atoms with E-state index in [1.807, 2.05) is 40.8 Å². The van der Waals surface area contributed by atoms with E-state index in [0.29, 0.717) is 128 Å². The molecule has 2 unspecified atom stereocenters. The van der Waals surface area contributed by atoms with Crippen molar-refractivity contribution in [3.63, 3.8) is 0 Å². The number of aliphatic imine (C=N–C) groups is 1. The van der Waals surface area contributed by atoms with Gasteiger partial charge >= 0.3 is 11.7 Å². The highest BCUT2D eigenvalue weighted by atomic mass is 32.2. The summed E-state index contributed by atoms with van der Waals surface area (Å²) in [5, 5.41) is 24.6. The van der Waals surface area contributed by atoms with Crippen molar-refractivity contribution in [3.8, 4) is 23.0 Å². The predicted molar refractivity (Wildman–Crippen MR) is 384 cm³/mol. The Morgan fingerprint density at radius 2 is 1.44 bits per heavy atom. The maximum absolute atomic E-state index is 14.0. The summed E-state index contributed by atoms with van der Waals surface area (Å²) >= 11 is 0. The Morgan fingerprint density at radius 1 is 0.777 bits per heavy atom. The number of alkyl carbamates (subject to hydrolysis) is 1. The van der Waals surface area contributed by atoms with Crippen molar-refractivity contribution >= 4 is 68.6 Å². The van der Waals surface area contributed by atoms with Gasteiger partial charge in [-0.2, -0.15) is 5.10 Å². The van der Waals surface area contributed by atoms with Gasteiger partial charge in [0, 0.05) is 109 Å². The van der Waals surface area contributed by atoms with Crippen LogP contribution in [0.3, 0.4) is 0 Å². The number of Topliss-reactive ketones (excluding diaryl/α,β-unsaturated/α-hetero) is 2. The summed E-state index contributed by atoms with van der Waals surface area (Å²) in [6, 6.07) is 11.3. The van der Waals surface area contributed by atoms with E-state index in [9.17, 15) is 42.0 Å². The molecule has 3 aromatic heterocycles. The molecule has 0 aliphatic carbocycles. The number of H-pyrrole nitrogens is 1. The molecule has 562 valence electrons. The molecule has 0 saturated heterocycles. The minimum Gasteiger partial charge on any atom is -0.493 e. The molecule has 2 atom stereocenters. The van der Waals surface area contributed by atoms with E-state index in [1.54, 1.807) is 76.6 Å². The molecule has 3 aromatic carbocycles. The first kappa shape index (κ1) is 81.0. The average molecular weight is 1450 g/mol. The summed E-state index contributed by atoms with van der Waals surface area (Å²) in [6.07, 6.45) is 5.48. The van der Waals surface area contributed by atoms with Crippen molar-refractivity contribution in [2.45, 2.75) is 182 Å². The Labute approximate surface area is 601 Å². The van der Waals surface area contributed by atoms with Gasteiger partial charge in [0.25, 0.3) is 16.5 Å². The minimum atomic E-state index is -4.21. The molecule has 7 rings (SSSR count). The van der Waals surface area contributed by atoms with Crippen molar-refractivity contribution in [1.29, 1.82) is 0 Å². The molecule has 7 N–H and O–H groups in total. The summed E-state index contributed by atoms with van der Waals surface area (Å²) < 4.78 is 83.0. The number of sulfonamides is 1. The zero-order chi connectivity index (χ0) is 74.9. The van der Waals surface area contributed by atoms with Gasteiger partial charge in [-0.05, 0) is 167 Å². The van der Waals surface area contributed by atoms with Gasteiger partial charge in [0.05, 0.1) is 82.2 Å². The molecule has 3 amide bonds. The molecule has 29 nitrogen and oxygen atoms in total. The van der Waals surface area contributed by atoms with Crippen molar-refractivity contribution in [1.82, 2.24) is 40.5 Å². The average Bonchev–Trinajstić information content (AvgIpc) is 1.64. The number of nitrogens with one attached hydrogen (secondary N) is 5. The number of aromatic nitrogens is 5. The minimum absolute atomic E-state index is 0.0233. The zero-order valence-corrected chi connectivity index (χ0v) is 61.9. The molecule has 1 aliphatic heterocycles. The van der Waals surface area contributed by atoms with Crippen LogP contribution in [0, 0.1) is 53.4 Å². The lowest BCUT2D eigenvalue weighted by atomic mass is 9.93. The number of aryl methyl sites for hydroxylation is 4. The fraction of sp³-hybridized carbons (Fsp3) is 0.548.